The van der Waals surface area contributed by atoms with Gasteiger partial charge in [-0.05, 0) is 38.1 Å². The molecule has 0 aliphatic carbocycles. The molecule has 1 N–H and O–H groups in total. The van der Waals surface area contributed by atoms with Crippen molar-refractivity contribution >= 4 is 13.7 Å². The van der Waals surface area contributed by atoms with Gasteiger partial charge < -0.3 is 23.6 Å². The van der Waals surface area contributed by atoms with Gasteiger partial charge in [0.2, 0.25) is 0 Å². The first kappa shape index (κ1) is 19.9. The van der Waals surface area contributed by atoms with E-state index in [9.17, 15) is 14.5 Å². The summed E-state index contributed by atoms with van der Waals surface area (Å²) in [5.74, 6) is -2.35. The van der Waals surface area contributed by atoms with Crippen LogP contribution in [0, 0.1) is 5.92 Å². The number of benzene rings is 2. The second-order valence-electron chi connectivity index (χ2n) is 7.33. The summed E-state index contributed by atoms with van der Waals surface area (Å²) in [6.45, 7) is 3.27. The van der Waals surface area contributed by atoms with Gasteiger partial charge in [0.05, 0.1) is 0 Å². The predicted molar refractivity (Wildman–Crippen MR) is 103 cm³/mol. The molecule has 3 atom stereocenters. The number of carboxylic acids is 1. The van der Waals surface area contributed by atoms with Gasteiger partial charge in [-0.2, -0.15) is 4.67 Å². The first-order valence-electron chi connectivity index (χ1n) is 9.22. The number of hydrogen-bond donors (Lipinski definition) is 1. The number of ether oxygens (including phenoxy) is 2. The maximum absolute atomic E-state index is 14.0. The Labute approximate surface area is 168 Å². The van der Waals surface area contributed by atoms with Gasteiger partial charge in [0.1, 0.15) is 23.5 Å². The maximum Gasteiger partial charge on any atom is 0.517 e. The van der Waals surface area contributed by atoms with Gasteiger partial charge in [0.15, 0.2) is 12.0 Å². The van der Waals surface area contributed by atoms with Crippen molar-refractivity contribution < 1.29 is 33.0 Å². The van der Waals surface area contributed by atoms with E-state index < -0.39 is 37.8 Å². The van der Waals surface area contributed by atoms with Crippen molar-refractivity contribution in [2.75, 3.05) is 6.54 Å². The molecule has 0 aromatic heterocycles. The van der Waals surface area contributed by atoms with Crippen molar-refractivity contribution in [3.8, 4) is 11.5 Å². The van der Waals surface area contributed by atoms with E-state index >= 15 is 0 Å². The number of aliphatic carboxylic acids is 1. The molecular weight excluding hydrogens is 397 g/mol. The van der Waals surface area contributed by atoms with E-state index in [1.54, 1.807) is 74.5 Å². The minimum absolute atomic E-state index is 0.0995. The van der Waals surface area contributed by atoms with E-state index in [-0.39, 0.29) is 6.54 Å². The molecule has 2 saturated heterocycles. The summed E-state index contributed by atoms with van der Waals surface area (Å²) in [5, 5.41) is 9.66. The van der Waals surface area contributed by atoms with Gasteiger partial charge in [-0.1, -0.05) is 36.4 Å². The molecule has 0 unspecified atom stereocenters. The summed E-state index contributed by atoms with van der Waals surface area (Å²) in [7, 11) is -4.05. The molecule has 0 bridgehead atoms. The highest BCUT2D eigenvalue weighted by atomic mass is 31.2. The van der Waals surface area contributed by atoms with Gasteiger partial charge in [0.25, 0.3) is 0 Å². The van der Waals surface area contributed by atoms with Gasteiger partial charge in [-0.15, -0.1) is 0 Å². The Kier molecular flexibility index (Phi) is 5.12. The van der Waals surface area contributed by atoms with Crippen LogP contribution >= 0.6 is 7.75 Å². The Balaban J connectivity index is 1.72. The Bertz CT molecular complexity index is 875. The minimum Gasteiger partial charge on any atom is -0.481 e. The lowest BCUT2D eigenvalue weighted by Gasteiger charge is -2.31. The Morgan fingerprint density at radius 2 is 1.55 bits per heavy atom. The fourth-order valence-corrected chi connectivity index (χ4v) is 5.36. The monoisotopic (exact) mass is 419 g/mol. The third-order valence-corrected chi connectivity index (χ3v) is 6.64. The van der Waals surface area contributed by atoms with Gasteiger partial charge in [0, 0.05) is 6.54 Å². The molecule has 2 aliphatic heterocycles. The van der Waals surface area contributed by atoms with Crippen LogP contribution in [0.1, 0.15) is 13.8 Å². The van der Waals surface area contributed by atoms with Crippen LogP contribution < -0.4 is 9.05 Å². The van der Waals surface area contributed by atoms with Crippen molar-refractivity contribution in [3.05, 3.63) is 60.7 Å². The van der Waals surface area contributed by atoms with Crippen molar-refractivity contribution in [1.29, 1.82) is 0 Å². The average molecular weight is 419 g/mol. The van der Waals surface area contributed by atoms with Crippen LogP contribution in [0.4, 0.5) is 0 Å². The summed E-state index contributed by atoms with van der Waals surface area (Å²) in [5.41, 5.74) is 0. The molecule has 2 aromatic carbocycles. The predicted octanol–water partition coefficient (Wildman–Crippen LogP) is 3.75. The topological polar surface area (TPSA) is 94.5 Å². The third-order valence-electron chi connectivity index (χ3n) is 4.74. The molecule has 2 fully saturated rings. The maximum atomic E-state index is 14.0. The highest BCUT2D eigenvalue weighted by Gasteiger charge is 2.61. The largest absolute Gasteiger partial charge is 0.517 e. The zero-order chi connectivity index (χ0) is 20.6. The standard InChI is InChI=1S/C20H22NO7P/c1-20(2)25-17-16(19(22)23)13-21(18(17)26-20)29(24,27-14-9-5-3-6-10-14)28-15-11-7-4-8-12-15/h3-12,16-18H,13H2,1-2H3,(H,22,23)/t16-,17-,18-/m1/s1. The molecule has 8 nitrogen and oxygen atoms in total. The summed E-state index contributed by atoms with van der Waals surface area (Å²) >= 11 is 0. The fraction of sp³-hybridized carbons (Fsp3) is 0.350. The average Bonchev–Trinajstić information content (AvgIpc) is 3.16. The van der Waals surface area contributed by atoms with E-state index in [1.165, 1.54) is 4.67 Å². The second-order valence-corrected chi connectivity index (χ2v) is 9.15. The zero-order valence-electron chi connectivity index (χ0n) is 16.0. The lowest BCUT2D eigenvalue weighted by molar-refractivity contribution is -0.171. The van der Waals surface area contributed by atoms with Crippen molar-refractivity contribution in [2.45, 2.75) is 32.0 Å². The number of hydrogen-bond acceptors (Lipinski definition) is 6. The quantitative estimate of drug-likeness (QED) is 0.708. The Hall–Kier alpha value is -2.38. The summed E-state index contributed by atoms with van der Waals surface area (Å²) in [4.78, 5) is 11.8. The molecule has 29 heavy (non-hydrogen) atoms. The van der Waals surface area contributed by atoms with Crippen molar-refractivity contribution in [3.63, 3.8) is 0 Å². The first-order valence-corrected chi connectivity index (χ1v) is 10.7. The Morgan fingerprint density at radius 1 is 1.03 bits per heavy atom. The lowest BCUT2D eigenvalue weighted by atomic mass is 10.1. The van der Waals surface area contributed by atoms with Crippen LogP contribution in [0.3, 0.4) is 0 Å². The molecule has 4 rings (SSSR count). The number of carboxylic acid groups (broad SMARTS) is 1. The van der Waals surface area contributed by atoms with Crippen LogP contribution in [0.5, 0.6) is 11.5 Å². The second kappa shape index (κ2) is 7.46. The molecule has 0 amide bonds. The highest BCUT2D eigenvalue weighted by Crippen LogP contribution is 2.58. The van der Waals surface area contributed by atoms with Crippen LogP contribution in [0.2, 0.25) is 0 Å². The van der Waals surface area contributed by atoms with E-state index in [1.807, 2.05) is 0 Å². The van der Waals surface area contributed by atoms with Gasteiger partial charge in [-0.3, -0.25) is 4.79 Å². The van der Waals surface area contributed by atoms with E-state index in [2.05, 4.69) is 0 Å². The van der Waals surface area contributed by atoms with Crippen LogP contribution in [-0.2, 0) is 18.8 Å². The first-order chi connectivity index (χ1) is 13.8. The van der Waals surface area contributed by atoms with Crippen LogP contribution in [0.15, 0.2) is 60.7 Å². The van der Waals surface area contributed by atoms with Gasteiger partial charge >= 0.3 is 13.7 Å². The molecule has 0 radical (unpaired) electrons. The third kappa shape index (κ3) is 4.02. The SMILES string of the molecule is CC1(C)O[C@H]2[C@@H](O1)N(P(=O)(Oc1ccccc1)Oc1ccccc1)C[C@H]2C(=O)O. The molecular formula is C20H22NO7P. The summed E-state index contributed by atoms with van der Waals surface area (Å²) < 4.78 is 38.7. The smallest absolute Gasteiger partial charge is 0.481 e. The molecule has 2 aromatic rings. The van der Waals surface area contributed by atoms with E-state index in [0.717, 1.165) is 0 Å². The molecule has 9 heteroatoms. The number of fused-ring (bicyclic) bond motifs is 1. The normalized spacial score (nSPS) is 26.1. The fourth-order valence-electron chi connectivity index (χ4n) is 3.50. The number of rotatable bonds is 6. The van der Waals surface area contributed by atoms with Crippen LogP contribution in [-0.4, -0.2) is 40.4 Å². The molecule has 0 spiro atoms. The summed E-state index contributed by atoms with van der Waals surface area (Å²) in [6, 6.07) is 17.2. The van der Waals surface area contributed by atoms with E-state index in [4.69, 9.17) is 18.5 Å². The number of carbonyl (C=O) groups is 1. The molecule has 2 heterocycles. The van der Waals surface area contributed by atoms with Gasteiger partial charge in [-0.25, -0.2) is 4.57 Å². The van der Waals surface area contributed by atoms with Crippen molar-refractivity contribution in [1.82, 2.24) is 4.67 Å². The number of nitrogens with zero attached hydrogens (tertiary/aromatic N) is 1. The number of para-hydroxylation sites is 2. The molecule has 2 aliphatic rings. The Morgan fingerprint density at radius 3 is 2.03 bits per heavy atom. The molecule has 154 valence electrons. The zero-order valence-corrected chi connectivity index (χ0v) is 16.9. The van der Waals surface area contributed by atoms with Crippen LogP contribution in [0.25, 0.3) is 0 Å². The minimum atomic E-state index is -4.05. The highest BCUT2D eigenvalue weighted by molar-refractivity contribution is 7.52. The molecule has 0 saturated carbocycles. The van der Waals surface area contributed by atoms with Crippen molar-refractivity contribution in [2.24, 2.45) is 5.92 Å². The lowest BCUT2D eigenvalue weighted by Crippen LogP contribution is -2.35. The van der Waals surface area contributed by atoms with E-state index in [0.29, 0.717) is 11.5 Å². The summed E-state index contributed by atoms with van der Waals surface area (Å²) in [6.07, 6.45) is -1.68.